The third-order valence-electron chi connectivity index (χ3n) is 5.05. The summed E-state index contributed by atoms with van der Waals surface area (Å²) in [6.45, 7) is 3.13. The number of hydrogen-bond acceptors (Lipinski definition) is 5. The Bertz CT molecular complexity index is 652. The van der Waals surface area contributed by atoms with Crippen LogP contribution in [0.25, 0.3) is 0 Å². The number of nitrogens with zero attached hydrogens (tertiary/aromatic N) is 1. The molecule has 1 aromatic rings. The lowest BCUT2D eigenvalue weighted by atomic mass is 9.97. The predicted octanol–water partition coefficient (Wildman–Crippen LogP) is 1.45. The van der Waals surface area contributed by atoms with E-state index >= 15 is 0 Å². The van der Waals surface area contributed by atoms with Gasteiger partial charge in [-0.1, -0.05) is 37.3 Å². The van der Waals surface area contributed by atoms with Crippen LogP contribution >= 0.6 is 0 Å². The molecule has 3 heterocycles. The van der Waals surface area contributed by atoms with Crippen LogP contribution in [0.1, 0.15) is 25.2 Å². The molecule has 3 aliphatic rings. The van der Waals surface area contributed by atoms with Gasteiger partial charge in [-0.15, -0.1) is 0 Å². The van der Waals surface area contributed by atoms with Crippen LogP contribution in [0.2, 0.25) is 0 Å². The van der Waals surface area contributed by atoms with Gasteiger partial charge in [0.25, 0.3) is 0 Å². The van der Waals surface area contributed by atoms with E-state index in [4.69, 9.17) is 14.2 Å². The molecule has 0 aliphatic carbocycles. The smallest absolute Gasteiger partial charge is 0.324 e. The number of benzene rings is 1. The third kappa shape index (κ3) is 3.27. The van der Waals surface area contributed by atoms with E-state index in [9.17, 15) is 9.59 Å². The molecule has 5 unspecified atom stereocenters. The molecule has 0 bridgehead atoms. The SMILES string of the molecule is CC1CN(C2COC3COC(c4ccccc4)OC3C2)C(=O)NC1=O. The zero-order valence-corrected chi connectivity index (χ0v) is 14.1. The lowest BCUT2D eigenvalue weighted by molar-refractivity contribution is -0.283. The molecule has 3 amide bonds. The van der Waals surface area contributed by atoms with Gasteiger partial charge < -0.3 is 19.1 Å². The first-order chi connectivity index (χ1) is 12.1. The molecule has 3 saturated heterocycles. The van der Waals surface area contributed by atoms with Gasteiger partial charge in [0.1, 0.15) is 6.10 Å². The maximum absolute atomic E-state index is 12.2. The van der Waals surface area contributed by atoms with Crippen LogP contribution in [0.5, 0.6) is 0 Å². The molecule has 5 atom stereocenters. The van der Waals surface area contributed by atoms with E-state index in [1.54, 1.807) is 4.90 Å². The number of carbonyl (C=O) groups excluding carboxylic acids is 2. The van der Waals surface area contributed by atoms with Crippen molar-refractivity contribution in [3.8, 4) is 0 Å². The summed E-state index contributed by atoms with van der Waals surface area (Å²) in [4.78, 5) is 25.5. The highest BCUT2D eigenvalue weighted by molar-refractivity contribution is 5.97. The van der Waals surface area contributed by atoms with Gasteiger partial charge in [-0.3, -0.25) is 10.1 Å². The van der Waals surface area contributed by atoms with Gasteiger partial charge in [0, 0.05) is 12.1 Å². The van der Waals surface area contributed by atoms with E-state index in [2.05, 4.69) is 5.32 Å². The maximum atomic E-state index is 12.2. The third-order valence-corrected chi connectivity index (χ3v) is 5.05. The van der Waals surface area contributed by atoms with Crippen LogP contribution in [0.4, 0.5) is 4.79 Å². The van der Waals surface area contributed by atoms with Gasteiger partial charge in [0.05, 0.1) is 31.3 Å². The molecule has 3 aliphatic heterocycles. The maximum Gasteiger partial charge on any atom is 0.324 e. The Balaban J connectivity index is 1.44. The Kier molecular flexibility index (Phi) is 4.45. The van der Waals surface area contributed by atoms with Crippen LogP contribution < -0.4 is 5.32 Å². The summed E-state index contributed by atoms with van der Waals surface area (Å²) >= 11 is 0. The van der Waals surface area contributed by atoms with E-state index < -0.39 is 6.29 Å². The van der Waals surface area contributed by atoms with Gasteiger partial charge in [-0.05, 0) is 6.42 Å². The zero-order chi connectivity index (χ0) is 17.4. The highest BCUT2D eigenvalue weighted by Gasteiger charge is 2.43. The molecule has 4 rings (SSSR count). The molecule has 134 valence electrons. The molecule has 25 heavy (non-hydrogen) atoms. The van der Waals surface area contributed by atoms with Crippen LogP contribution in [0.3, 0.4) is 0 Å². The summed E-state index contributed by atoms with van der Waals surface area (Å²) in [5, 5.41) is 2.41. The number of carbonyl (C=O) groups is 2. The largest absolute Gasteiger partial charge is 0.371 e. The number of ether oxygens (including phenoxy) is 3. The number of hydrogen-bond donors (Lipinski definition) is 1. The minimum Gasteiger partial charge on any atom is -0.371 e. The second-order valence-corrected chi connectivity index (χ2v) is 6.86. The second-order valence-electron chi connectivity index (χ2n) is 6.86. The minimum atomic E-state index is -0.416. The fraction of sp³-hybridized carbons (Fsp3) is 0.556. The molecule has 1 N–H and O–H groups in total. The molecule has 3 fully saturated rings. The van der Waals surface area contributed by atoms with Crippen molar-refractivity contribution in [1.82, 2.24) is 10.2 Å². The van der Waals surface area contributed by atoms with Crippen LogP contribution in [-0.4, -0.2) is 54.8 Å². The predicted molar refractivity (Wildman–Crippen MR) is 87.6 cm³/mol. The summed E-state index contributed by atoms with van der Waals surface area (Å²) in [6, 6.07) is 9.34. The first-order valence-electron chi connectivity index (χ1n) is 8.67. The monoisotopic (exact) mass is 346 g/mol. The lowest BCUT2D eigenvalue weighted by Gasteiger charge is -2.45. The van der Waals surface area contributed by atoms with E-state index in [0.29, 0.717) is 26.2 Å². The Hall–Kier alpha value is -1.96. The van der Waals surface area contributed by atoms with Gasteiger partial charge in [0.2, 0.25) is 5.91 Å². The quantitative estimate of drug-likeness (QED) is 0.877. The molecule has 0 saturated carbocycles. The van der Waals surface area contributed by atoms with E-state index in [0.717, 1.165) is 5.56 Å². The Morgan fingerprint density at radius 3 is 2.68 bits per heavy atom. The summed E-state index contributed by atoms with van der Waals surface area (Å²) in [5.41, 5.74) is 0.970. The topological polar surface area (TPSA) is 77.1 Å². The summed E-state index contributed by atoms with van der Waals surface area (Å²) in [7, 11) is 0. The van der Waals surface area contributed by atoms with Crippen molar-refractivity contribution in [2.45, 2.75) is 37.9 Å². The average Bonchev–Trinajstić information content (AvgIpc) is 2.64. The van der Waals surface area contributed by atoms with Crippen molar-refractivity contribution in [3.63, 3.8) is 0 Å². The normalized spacial score (nSPS) is 35.9. The number of nitrogens with one attached hydrogen (secondary N) is 1. The summed E-state index contributed by atoms with van der Waals surface area (Å²) in [5.74, 6) is -0.439. The van der Waals surface area contributed by atoms with Crippen LogP contribution in [0, 0.1) is 5.92 Å². The summed E-state index contributed by atoms with van der Waals surface area (Å²) in [6.07, 6.45) is -0.00635. The van der Waals surface area contributed by atoms with Crippen molar-refractivity contribution < 1.29 is 23.8 Å². The fourth-order valence-electron chi connectivity index (χ4n) is 3.59. The van der Waals surface area contributed by atoms with Crippen LogP contribution in [-0.2, 0) is 19.0 Å². The first-order valence-corrected chi connectivity index (χ1v) is 8.67. The molecule has 0 aromatic heterocycles. The number of urea groups is 1. The number of rotatable bonds is 2. The minimum absolute atomic E-state index is 0.105. The number of imide groups is 1. The molecule has 7 nitrogen and oxygen atoms in total. The second kappa shape index (κ2) is 6.74. The van der Waals surface area contributed by atoms with Crippen molar-refractivity contribution in [2.24, 2.45) is 5.92 Å². The Labute approximate surface area is 146 Å². The van der Waals surface area contributed by atoms with Crippen molar-refractivity contribution in [3.05, 3.63) is 35.9 Å². The molecule has 0 radical (unpaired) electrons. The molecule has 0 spiro atoms. The number of amides is 3. The van der Waals surface area contributed by atoms with Crippen molar-refractivity contribution in [1.29, 1.82) is 0 Å². The van der Waals surface area contributed by atoms with E-state index in [-0.39, 0.29) is 36.1 Å². The van der Waals surface area contributed by atoms with E-state index in [1.165, 1.54) is 0 Å². The van der Waals surface area contributed by atoms with Crippen LogP contribution in [0.15, 0.2) is 30.3 Å². The summed E-state index contributed by atoms with van der Waals surface area (Å²) < 4.78 is 17.8. The fourth-order valence-corrected chi connectivity index (χ4v) is 3.59. The molecule has 1 aromatic carbocycles. The van der Waals surface area contributed by atoms with Gasteiger partial charge in [-0.2, -0.15) is 0 Å². The number of fused-ring (bicyclic) bond motifs is 1. The van der Waals surface area contributed by atoms with Gasteiger partial charge >= 0.3 is 6.03 Å². The average molecular weight is 346 g/mol. The first kappa shape index (κ1) is 16.5. The highest BCUT2D eigenvalue weighted by Crippen LogP contribution is 2.33. The lowest BCUT2D eigenvalue weighted by Crippen LogP contribution is -2.61. The molecule has 7 heteroatoms. The van der Waals surface area contributed by atoms with Crippen molar-refractivity contribution >= 4 is 11.9 Å². The standard InChI is InChI=1S/C18H22N2O5/c1-11-8-20(18(22)19-16(11)21)13-7-14-15(23-9-13)10-24-17(25-14)12-5-3-2-4-6-12/h2-6,11,13-15,17H,7-10H2,1H3,(H,19,21,22). The van der Waals surface area contributed by atoms with Gasteiger partial charge in [-0.25, -0.2) is 4.79 Å². The van der Waals surface area contributed by atoms with Gasteiger partial charge in [0.15, 0.2) is 6.29 Å². The molecular formula is C18H22N2O5. The Morgan fingerprint density at radius 2 is 1.88 bits per heavy atom. The van der Waals surface area contributed by atoms with E-state index in [1.807, 2.05) is 37.3 Å². The highest BCUT2D eigenvalue weighted by atomic mass is 16.7. The Morgan fingerprint density at radius 1 is 1.08 bits per heavy atom. The zero-order valence-electron chi connectivity index (χ0n) is 14.1. The molecular weight excluding hydrogens is 324 g/mol. The van der Waals surface area contributed by atoms with Crippen molar-refractivity contribution in [2.75, 3.05) is 19.8 Å².